The molecule has 5 rings (SSSR count). The van der Waals surface area contributed by atoms with E-state index in [-0.39, 0.29) is 11.5 Å². The molecule has 2 aromatic carbocycles. The van der Waals surface area contributed by atoms with E-state index in [1.165, 1.54) is 6.20 Å². The van der Waals surface area contributed by atoms with Crippen LogP contribution in [0.3, 0.4) is 0 Å². The van der Waals surface area contributed by atoms with E-state index in [4.69, 9.17) is 17.3 Å². The van der Waals surface area contributed by atoms with Gasteiger partial charge in [-0.05, 0) is 68.0 Å². The minimum atomic E-state index is -0.909. The molecule has 3 heterocycles. The fraction of sp³-hybridized carbons (Fsp3) is 0.321. The number of benzene rings is 2. The number of carbonyl (C=O) groups excluding carboxylic acids is 1. The van der Waals surface area contributed by atoms with Crippen molar-refractivity contribution in [3.05, 3.63) is 76.7 Å². The number of halogens is 3. The molecular weight excluding hydrogens is 510 g/mol. The number of piperidine rings is 1. The van der Waals surface area contributed by atoms with E-state index in [0.29, 0.717) is 71.0 Å². The molecule has 0 unspecified atom stereocenters. The summed E-state index contributed by atoms with van der Waals surface area (Å²) in [7, 11) is 0. The Labute approximate surface area is 224 Å². The molecule has 198 valence electrons. The third-order valence-electron chi connectivity index (χ3n) is 7.19. The molecule has 3 N–H and O–H groups in total. The second-order valence-corrected chi connectivity index (χ2v) is 9.91. The number of aryl methyl sites for hydroxylation is 1. The Morgan fingerprint density at radius 2 is 1.95 bits per heavy atom. The number of aromatic nitrogens is 3. The molecule has 1 saturated heterocycles. The molecule has 7 nitrogen and oxygen atoms in total. The van der Waals surface area contributed by atoms with Crippen LogP contribution in [-0.4, -0.2) is 44.8 Å². The molecule has 10 heteroatoms. The number of nitrogens with two attached hydrogens (primary N) is 1. The van der Waals surface area contributed by atoms with Crippen molar-refractivity contribution in [2.45, 2.75) is 32.6 Å². The van der Waals surface area contributed by atoms with Crippen molar-refractivity contribution in [1.82, 2.24) is 19.3 Å². The zero-order chi connectivity index (χ0) is 26.8. The number of imidazole rings is 1. The van der Waals surface area contributed by atoms with Crippen LogP contribution in [0.25, 0.3) is 16.9 Å². The van der Waals surface area contributed by atoms with Gasteiger partial charge in [0.2, 0.25) is 0 Å². The largest absolute Gasteiger partial charge is 0.339 e. The quantitative estimate of drug-likeness (QED) is 0.309. The smallest absolute Gasteiger partial charge is 0.255 e. The van der Waals surface area contributed by atoms with Crippen molar-refractivity contribution >= 4 is 34.7 Å². The predicted molar refractivity (Wildman–Crippen MR) is 145 cm³/mol. The van der Waals surface area contributed by atoms with E-state index in [2.05, 4.69) is 15.3 Å². The van der Waals surface area contributed by atoms with Crippen LogP contribution >= 0.6 is 11.6 Å². The van der Waals surface area contributed by atoms with Gasteiger partial charge in [0.1, 0.15) is 0 Å². The summed E-state index contributed by atoms with van der Waals surface area (Å²) in [6.07, 6.45) is 7.94. The van der Waals surface area contributed by atoms with E-state index in [1.54, 1.807) is 54.0 Å². The normalized spacial score (nSPS) is 14.3. The minimum Gasteiger partial charge on any atom is -0.339 e. The molecule has 1 fully saturated rings. The lowest BCUT2D eigenvalue weighted by Gasteiger charge is -2.32. The topological polar surface area (TPSA) is 88.5 Å². The first-order valence-electron chi connectivity index (χ1n) is 12.8. The maximum absolute atomic E-state index is 14.8. The first kappa shape index (κ1) is 26.1. The van der Waals surface area contributed by atoms with E-state index >= 15 is 0 Å². The van der Waals surface area contributed by atoms with Gasteiger partial charge in [0.05, 0.1) is 22.5 Å². The molecule has 1 aliphatic rings. The van der Waals surface area contributed by atoms with Gasteiger partial charge in [-0.25, -0.2) is 18.7 Å². The summed E-state index contributed by atoms with van der Waals surface area (Å²) in [5.74, 6) is -0.878. The highest BCUT2D eigenvalue weighted by Gasteiger charge is 2.25. The number of carbonyl (C=O) groups is 1. The van der Waals surface area contributed by atoms with Gasteiger partial charge in [0.15, 0.2) is 23.1 Å². The molecule has 0 spiro atoms. The van der Waals surface area contributed by atoms with Gasteiger partial charge in [-0.2, -0.15) is 0 Å². The number of nitrogens with one attached hydrogen (secondary N) is 1. The van der Waals surface area contributed by atoms with E-state index in [9.17, 15) is 13.6 Å². The van der Waals surface area contributed by atoms with Crippen molar-refractivity contribution < 1.29 is 13.6 Å². The molecular formula is C28H29ClF2N6O. The Morgan fingerprint density at radius 3 is 2.66 bits per heavy atom. The van der Waals surface area contributed by atoms with Gasteiger partial charge in [0.25, 0.3) is 5.91 Å². The van der Waals surface area contributed by atoms with E-state index in [0.717, 1.165) is 19.3 Å². The van der Waals surface area contributed by atoms with Crippen LogP contribution in [0.15, 0.2) is 48.9 Å². The fourth-order valence-corrected chi connectivity index (χ4v) is 5.26. The summed E-state index contributed by atoms with van der Waals surface area (Å²) in [4.78, 5) is 23.7. The molecule has 2 aromatic heterocycles. The molecule has 1 aliphatic heterocycles. The Hall–Kier alpha value is -3.56. The van der Waals surface area contributed by atoms with Crippen LogP contribution in [0.5, 0.6) is 0 Å². The standard InChI is InChI=1S/C28H29ClF2N6O/c1-2-18-3-5-21(25(31)24(18)30)23-16-34-27-26(33-11-14-37(23)27)35-19-4-6-20(22(29)15-19)28(38)36-12-8-17(7-10-32)9-13-36/h3-6,11,14-17H,2,7-10,12-13,32H2,1H3,(H,33,35). The molecule has 1 amide bonds. The summed E-state index contributed by atoms with van der Waals surface area (Å²) in [5, 5.41) is 3.51. The fourth-order valence-electron chi connectivity index (χ4n) is 5.00. The highest BCUT2D eigenvalue weighted by molar-refractivity contribution is 6.34. The lowest BCUT2D eigenvalue weighted by Crippen LogP contribution is -2.39. The SMILES string of the molecule is CCc1ccc(-c2cnc3c(Nc4ccc(C(=O)N5CCC(CCN)CC5)c(Cl)c4)nccn23)c(F)c1F. The average Bonchev–Trinajstić information content (AvgIpc) is 3.35. The average molecular weight is 539 g/mol. The Morgan fingerprint density at radius 1 is 1.16 bits per heavy atom. The number of likely N-dealkylation sites (tertiary alicyclic amines) is 1. The van der Waals surface area contributed by atoms with Crippen LogP contribution in [-0.2, 0) is 6.42 Å². The Bertz CT molecular complexity index is 1480. The third-order valence-corrected chi connectivity index (χ3v) is 7.50. The van der Waals surface area contributed by atoms with Crippen LogP contribution in [0, 0.1) is 17.6 Å². The maximum Gasteiger partial charge on any atom is 0.255 e. The lowest BCUT2D eigenvalue weighted by molar-refractivity contribution is 0.0688. The second-order valence-electron chi connectivity index (χ2n) is 9.50. The van der Waals surface area contributed by atoms with Gasteiger partial charge < -0.3 is 16.0 Å². The Balaban J connectivity index is 1.37. The summed E-state index contributed by atoms with van der Waals surface area (Å²) in [6.45, 7) is 3.83. The highest BCUT2D eigenvalue weighted by Crippen LogP contribution is 2.31. The zero-order valence-corrected chi connectivity index (χ0v) is 21.8. The number of hydrogen-bond donors (Lipinski definition) is 2. The molecule has 0 saturated carbocycles. The number of rotatable bonds is 7. The number of hydrogen-bond acceptors (Lipinski definition) is 5. The number of amides is 1. The molecule has 38 heavy (non-hydrogen) atoms. The number of fused-ring (bicyclic) bond motifs is 1. The lowest BCUT2D eigenvalue weighted by atomic mass is 9.93. The van der Waals surface area contributed by atoms with Gasteiger partial charge in [0, 0.05) is 36.7 Å². The first-order valence-corrected chi connectivity index (χ1v) is 13.1. The predicted octanol–water partition coefficient (Wildman–Crippen LogP) is 5.83. The Kier molecular flexibility index (Phi) is 7.58. The molecule has 4 aromatic rings. The van der Waals surface area contributed by atoms with Gasteiger partial charge >= 0.3 is 0 Å². The van der Waals surface area contributed by atoms with Crippen molar-refractivity contribution in [3.63, 3.8) is 0 Å². The first-order chi connectivity index (χ1) is 18.4. The van der Waals surface area contributed by atoms with Crippen LogP contribution < -0.4 is 11.1 Å². The van der Waals surface area contributed by atoms with Crippen LogP contribution in [0.2, 0.25) is 5.02 Å². The molecule has 0 atom stereocenters. The summed E-state index contributed by atoms with van der Waals surface area (Å²) in [6, 6.07) is 8.27. The van der Waals surface area contributed by atoms with E-state index < -0.39 is 11.6 Å². The van der Waals surface area contributed by atoms with Crippen LogP contribution in [0.4, 0.5) is 20.3 Å². The monoisotopic (exact) mass is 538 g/mol. The number of nitrogens with zero attached hydrogens (tertiary/aromatic N) is 4. The zero-order valence-electron chi connectivity index (χ0n) is 21.1. The van der Waals surface area contributed by atoms with Gasteiger partial charge in [-0.1, -0.05) is 24.6 Å². The van der Waals surface area contributed by atoms with Crippen molar-refractivity contribution in [3.8, 4) is 11.3 Å². The summed E-state index contributed by atoms with van der Waals surface area (Å²) >= 11 is 6.52. The maximum atomic E-state index is 14.8. The molecule has 0 radical (unpaired) electrons. The van der Waals surface area contributed by atoms with Crippen molar-refractivity contribution in [1.29, 1.82) is 0 Å². The van der Waals surface area contributed by atoms with Gasteiger partial charge in [-0.15, -0.1) is 0 Å². The van der Waals surface area contributed by atoms with Crippen molar-refractivity contribution in [2.75, 3.05) is 25.0 Å². The molecule has 0 aliphatic carbocycles. The van der Waals surface area contributed by atoms with Gasteiger partial charge in [-0.3, -0.25) is 9.20 Å². The second kappa shape index (κ2) is 11.0. The van der Waals surface area contributed by atoms with Crippen LogP contribution in [0.1, 0.15) is 42.1 Å². The number of anilines is 2. The van der Waals surface area contributed by atoms with E-state index in [1.807, 2.05) is 4.90 Å². The third kappa shape index (κ3) is 4.96. The highest BCUT2D eigenvalue weighted by atomic mass is 35.5. The minimum absolute atomic E-state index is 0.0887. The summed E-state index contributed by atoms with van der Waals surface area (Å²) in [5.41, 5.74) is 7.99. The molecule has 0 bridgehead atoms. The summed E-state index contributed by atoms with van der Waals surface area (Å²) < 4.78 is 30.9. The van der Waals surface area contributed by atoms with Crippen molar-refractivity contribution in [2.24, 2.45) is 11.7 Å².